The van der Waals surface area contributed by atoms with Crippen LogP contribution in [-0.4, -0.2) is 23.4 Å². The molecule has 0 spiro atoms. The Bertz CT molecular complexity index is 752. The third-order valence-corrected chi connectivity index (χ3v) is 3.81. The number of furan rings is 1. The van der Waals surface area contributed by atoms with Crippen LogP contribution in [0.2, 0.25) is 0 Å². The van der Waals surface area contributed by atoms with E-state index in [1.165, 1.54) is 11.9 Å². The molecule has 0 saturated carbocycles. The van der Waals surface area contributed by atoms with Crippen LogP contribution in [0, 0.1) is 0 Å². The molecule has 6 heteroatoms. The van der Waals surface area contributed by atoms with Gasteiger partial charge in [-0.25, -0.2) is 5.01 Å². The van der Waals surface area contributed by atoms with Crippen LogP contribution in [0.5, 0.6) is 11.5 Å². The van der Waals surface area contributed by atoms with Gasteiger partial charge in [0, 0.05) is 18.9 Å². The van der Waals surface area contributed by atoms with Gasteiger partial charge in [0.05, 0.1) is 12.0 Å². The molecule has 1 amide bonds. The molecule has 1 aromatic carbocycles. The minimum Gasteiger partial charge on any atom is -0.467 e. The van der Waals surface area contributed by atoms with E-state index in [2.05, 4.69) is 5.10 Å². The van der Waals surface area contributed by atoms with Gasteiger partial charge in [0.2, 0.25) is 12.7 Å². The first kappa shape index (κ1) is 12.9. The maximum atomic E-state index is 11.8. The molecule has 0 unspecified atom stereocenters. The Hall–Kier alpha value is -2.76. The van der Waals surface area contributed by atoms with Crippen molar-refractivity contribution in [1.29, 1.82) is 0 Å². The fraction of sp³-hybridized carbons (Fsp3) is 0.250. The third-order valence-electron chi connectivity index (χ3n) is 3.81. The predicted molar refractivity (Wildman–Crippen MR) is 77.7 cm³/mol. The van der Waals surface area contributed by atoms with Crippen molar-refractivity contribution in [2.45, 2.75) is 19.4 Å². The lowest BCUT2D eigenvalue weighted by Crippen LogP contribution is -2.23. The summed E-state index contributed by atoms with van der Waals surface area (Å²) in [6, 6.07) is 9.15. The highest BCUT2D eigenvalue weighted by Crippen LogP contribution is 2.37. The Morgan fingerprint density at radius 2 is 2.14 bits per heavy atom. The van der Waals surface area contributed by atoms with Gasteiger partial charge in [0.25, 0.3) is 0 Å². The number of amides is 1. The first-order valence-corrected chi connectivity index (χ1v) is 7.03. The fourth-order valence-electron chi connectivity index (χ4n) is 2.75. The maximum absolute atomic E-state index is 11.8. The molecule has 6 nitrogen and oxygen atoms in total. The van der Waals surface area contributed by atoms with Crippen molar-refractivity contribution in [3.8, 4) is 11.5 Å². The minimum absolute atomic E-state index is 0.114. The highest BCUT2D eigenvalue weighted by molar-refractivity contribution is 6.03. The highest BCUT2D eigenvalue weighted by Gasteiger charge is 2.33. The van der Waals surface area contributed by atoms with Crippen molar-refractivity contribution >= 4 is 11.6 Å². The van der Waals surface area contributed by atoms with E-state index in [0.29, 0.717) is 12.2 Å². The van der Waals surface area contributed by atoms with E-state index < -0.39 is 0 Å². The van der Waals surface area contributed by atoms with Crippen molar-refractivity contribution in [3.63, 3.8) is 0 Å². The molecule has 22 heavy (non-hydrogen) atoms. The molecular formula is C16H14N2O4. The van der Waals surface area contributed by atoms with E-state index in [4.69, 9.17) is 13.9 Å². The number of carbonyl (C=O) groups excluding carboxylic acids is 1. The summed E-state index contributed by atoms with van der Waals surface area (Å²) in [4.78, 5) is 11.8. The second-order valence-corrected chi connectivity index (χ2v) is 5.21. The first-order valence-electron chi connectivity index (χ1n) is 7.03. The molecule has 0 bridgehead atoms. The Balaban J connectivity index is 1.68. The summed E-state index contributed by atoms with van der Waals surface area (Å²) in [5.74, 6) is 2.05. The number of fused-ring (bicyclic) bond motifs is 1. The van der Waals surface area contributed by atoms with Gasteiger partial charge in [-0.15, -0.1) is 0 Å². The van der Waals surface area contributed by atoms with Crippen LogP contribution in [0.15, 0.2) is 46.1 Å². The van der Waals surface area contributed by atoms with Crippen molar-refractivity contribution in [2.24, 2.45) is 5.10 Å². The molecule has 0 fully saturated rings. The summed E-state index contributed by atoms with van der Waals surface area (Å²) in [6.07, 6.45) is 2.21. The van der Waals surface area contributed by atoms with Crippen LogP contribution in [0.4, 0.5) is 0 Å². The quantitative estimate of drug-likeness (QED) is 0.855. The Labute approximate surface area is 126 Å². The zero-order valence-electron chi connectivity index (χ0n) is 12.0. The summed E-state index contributed by atoms with van der Waals surface area (Å²) in [5.41, 5.74) is 1.75. The summed E-state index contributed by atoms with van der Waals surface area (Å²) >= 11 is 0. The normalized spacial score (nSPS) is 19.4. The monoisotopic (exact) mass is 298 g/mol. The second-order valence-electron chi connectivity index (χ2n) is 5.21. The molecule has 0 aliphatic carbocycles. The van der Waals surface area contributed by atoms with E-state index in [-0.39, 0.29) is 18.7 Å². The lowest BCUT2D eigenvalue weighted by Gasteiger charge is -2.17. The van der Waals surface area contributed by atoms with E-state index in [1.54, 1.807) is 6.26 Å². The topological polar surface area (TPSA) is 64.3 Å². The van der Waals surface area contributed by atoms with Gasteiger partial charge in [-0.3, -0.25) is 4.79 Å². The van der Waals surface area contributed by atoms with Gasteiger partial charge < -0.3 is 13.9 Å². The van der Waals surface area contributed by atoms with Crippen LogP contribution in [-0.2, 0) is 4.79 Å². The average Bonchev–Trinajstić information content (AvgIpc) is 3.25. The number of hydrazone groups is 1. The maximum Gasteiger partial charge on any atom is 0.240 e. The van der Waals surface area contributed by atoms with Crippen LogP contribution in [0.1, 0.15) is 30.7 Å². The largest absolute Gasteiger partial charge is 0.467 e. The van der Waals surface area contributed by atoms with Crippen LogP contribution in [0.3, 0.4) is 0 Å². The summed E-state index contributed by atoms with van der Waals surface area (Å²) in [5, 5.41) is 5.94. The van der Waals surface area contributed by atoms with E-state index >= 15 is 0 Å². The van der Waals surface area contributed by atoms with Crippen molar-refractivity contribution in [1.82, 2.24) is 5.01 Å². The zero-order valence-corrected chi connectivity index (χ0v) is 12.0. The van der Waals surface area contributed by atoms with Gasteiger partial charge in [0.1, 0.15) is 11.8 Å². The van der Waals surface area contributed by atoms with Gasteiger partial charge >= 0.3 is 0 Å². The predicted octanol–water partition coefficient (Wildman–Crippen LogP) is 2.71. The number of hydrogen-bond acceptors (Lipinski definition) is 5. The second kappa shape index (κ2) is 4.91. The van der Waals surface area contributed by atoms with Gasteiger partial charge in [-0.05, 0) is 30.3 Å². The third kappa shape index (κ3) is 2.04. The number of nitrogens with zero attached hydrogens (tertiary/aromatic N) is 2. The molecule has 112 valence electrons. The van der Waals surface area contributed by atoms with E-state index in [0.717, 1.165) is 22.8 Å². The Morgan fingerprint density at radius 3 is 2.91 bits per heavy atom. The summed E-state index contributed by atoms with van der Waals surface area (Å²) < 4.78 is 16.2. The van der Waals surface area contributed by atoms with Gasteiger partial charge in [-0.1, -0.05) is 0 Å². The van der Waals surface area contributed by atoms with Gasteiger partial charge in [-0.2, -0.15) is 5.10 Å². The molecule has 4 rings (SSSR count). The average molecular weight is 298 g/mol. The lowest BCUT2D eigenvalue weighted by molar-refractivity contribution is -0.130. The van der Waals surface area contributed by atoms with Crippen molar-refractivity contribution in [2.75, 3.05) is 6.79 Å². The molecule has 0 radical (unpaired) electrons. The molecular weight excluding hydrogens is 284 g/mol. The van der Waals surface area contributed by atoms with Crippen molar-refractivity contribution in [3.05, 3.63) is 47.9 Å². The Kier molecular flexibility index (Phi) is 2.89. The molecule has 2 aliphatic rings. The molecule has 2 aliphatic heterocycles. The number of carbonyl (C=O) groups is 1. The molecule has 0 saturated heterocycles. The number of hydrogen-bond donors (Lipinski definition) is 0. The SMILES string of the molecule is CC(=O)N1N=C(c2ccc3c(c2)OCO3)C[C@H]1c1ccco1. The number of ether oxygens (including phenoxy) is 2. The zero-order chi connectivity index (χ0) is 15.1. The Morgan fingerprint density at radius 1 is 1.27 bits per heavy atom. The molecule has 3 heterocycles. The lowest BCUT2D eigenvalue weighted by atomic mass is 10.0. The summed E-state index contributed by atoms with van der Waals surface area (Å²) in [6.45, 7) is 1.74. The van der Waals surface area contributed by atoms with E-state index in [1.807, 2.05) is 30.3 Å². The fourth-order valence-corrected chi connectivity index (χ4v) is 2.75. The number of benzene rings is 1. The van der Waals surface area contributed by atoms with Crippen LogP contribution >= 0.6 is 0 Å². The van der Waals surface area contributed by atoms with Crippen LogP contribution < -0.4 is 9.47 Å². The summed E-state index contributed by atoms with van der Waals surface area (Å²) in [7, 11) is 0. The highest BCUT2D eigenvalue weighted by atomic mass is 16.7. The van der Waals surface area contributed by atoms with Crippen molar-refractivity contribution < 1.29 is 18.7 Å². The van der Waals surface area contributed by atoms with E-state index in [9.17, 15) is 4.79 Å². The van der Waals surface area contributed by atoms with Crippen LogP contribution in [0.25, 0.3) is 0 Å². The standard InChI is InChI=1S/C16H14N2O4/c1-10(19)18-13(14-3-2-6-20-14)8-12(17-18)11-4-5-15-16(7-11)22-9-21-15/h2-7,13H,8-9H2,1H3/t13-/m0/s1. The smallest absolute Gasteiger partial charge is 0.240 e. The minimum atomic E-state index is -0.201. The molecule has 1 atom stereocenters. The van der Waals surface area contributed by atoms with Gasteiger partial charge in [0.15, 0.2) is 11.5 Å². The molecule has 1 aromatic heterocycles. The first-order chi connectivity index (χ1) is 10.7. The molecule has 0 N–H and O–H groups in total. The number of rotatable bonds is 2. The molecule has 2 aromatic rings.